The highest BCUT2D eigenvalue weighted by Crippen LogP contribution is 2.30. The fraction of sp³-hybridized carbons (Fsp3) is 0.943. The lowest BCUT2D eigenvalue weighted by Crippen LogP contribution is -2.31. The van der Waals surface area contributed by atoms with Gasteiger partial charge in [-0.1, -0.05) is 182 Å². The van der Waals surface area contributed by atoms with E-state index >= 15 is 0 Å². The van der Waals surface area contributed by atoms with Crippen molar-refractivity contribution < 1.29 is 23.9 Å². The van der Waals surface area contributed by atoms with Crippen molar-refractivity contribution in [2.24, 2.45) is 10.8 Å². The van der Waals surface area contributed by atoms with Crippen molar-refractivity contribution in [3.63, 3.8) is 0 Å². The highest BCUT2D eigenvalue weighted by atomic mass is 16.5. The molecule has 0 saturated carbocycles. The summed E-state index contributed by atoms with van der Waals surface area (Å²) in [4.78, 5) is 39.4. The predicted molar refractivity (Wildman–Crippen MR) is 250 cm³/mol. The van der Waals surface area contributed by atoms with E-state index in [-0.39, 0.29) is 24.1 Å². The molecule has 0 bridgehead atoms. The summed E-state index contributed by atoms with van der Waals surface area (Å²) in [6.07, 6.45) is 42.8. The number of hydrogen-bond acceptors (Lipinski definition) is 5. The molecule has 0 rings (SSSR count). The Morgan fingerprint density at radius 3 is 0.862 bits per heavy atom. The number of carbonyl (C=O) groups excluding carboxylic acids is 3. The quantitative estimate of drug-likeness (QED) is 0.0452. The maximum Gasteiger partial charge on any atom is 0.311 e. The average Bonchev–Trinajstić information content (AvgIpc) is 3.19. The second-order valence-electron chi connectivity index (χ2n) is 19.7. The molecule has 0 amide bonds. The van der Waals surface area contributed by atoms with E-state index in [1.54, 1.807) is 0 Å². The summed E-state index contributed by atoms with van der Waals surface area (Å²) in [6.45, 7) is 17.2. The first-order valence-electron chi connectivity index (χ1n) is 25.9. The number of hydrogen-bond donors (Lipinski definition) is 0. The minimum atomic E-state index is -0.493. The number of unbranched alkanes of at least 4 members (excludes halogenated alkanes) is 24. The largest absolute Gasteiger partial charge is 0.462 e. The molecule has 0 fully saturated rings. The van der Waals surface area contributed by atoms with Crippen LogP contribution in [0.4, 0.5) is 0 Å². The summed E-state index contributed by atoms with van der Waals surface area (Å²) < 4.78 is 12.4. The molecule has 0 aromatic rings. The van der Waals surface area contributed by atoms with Crippen LogP contribution < -0.4 is 0 Å². The van der Waals surface area contributed by atoms with Crippen LogP contribution >= 0.6 is 0 Å². The second-order valence-corrected chi connectivity index (χ2v) is 19.7. The van der Waals surface area contributed by atoms with Gasteiger partial charge in [-0.3, -0.25) is 14.4 Å². The molecule has 0 heterocycles. The van der Waals surface area contributed by atoms with Crippen LogP contribution in [0.3, 0.4) is 0 Å². The van der Waals surface area contributed by atoms with Crippen molar-refractivity contribution in [1.82, 2.24) is 0 Å². The van der Waals surface area contributed by atoms with Gasteiger partial charge in [0.1, 0.15) is 18.0 Å². The summed E-state index contributed by atoms with van der Waals surface area (Å²) in [5.74, 6) is 0.267. The molecule has 5 heteroatoms. The van der Waals surface area contributed by atoms with Crippen LogP contribution in [0, 0.1) is 10.8 Å². The van der Waals surface area contributed by atoms with Crippen molar-refractivity contribution in [3.05, 3.63) is 0 Å². The minimum Gasteiger partial charge on any atom is -0.462 e. The number of rotatable bonds is 44. The molecule has 0 aliphatic carbocycles. The topological polar surface area (TPSA) is 69.7 Å². The molecule has 0 aromatic carbocycles. The molecule has 0 spiro atoms. The summed E-state index contributed by atoms with van der Waals surface area (Å²) >= 11 is 0. The van der Waals surface area contributed by atoms with Gasteiger partial charge in [-0.25, -0.2) is 0 Å². The maximum atomic E-state index is 13.4. The van der Waals surface area contributed by atoms with E-state index in [1.165, 1.54) is 128 Å². The Bertz CT molecular complexity index is 848. The minimum absolute atomic E-state index is 0.0388. The van der Waals surface area contributed by atoms with Gasteiger partial charge in [0.2, 0.25) is 0 Å². The van der Waals surface area contributed by atoms with Gasteiger partial charge in [0.15, 0.2) is 0 Å². The average molecular weight is 819 g/mol. The Kier molecular flexibility index (Phi) is 37.6. The monoisotopic (exact) mass is 819 g/mol. The van der Waals surface area contributed by atoms with Gasteiger partial charge in [0.05, 0.1) is 10.8 Å². The van der Waals surface area contributed by atoms with Crippen molar-refractivity contribution in [2.75, 3.05) is 0 Å². The standard InChI is InChI=1S/C53H102O5/c1-9-13-17-21-25-33-41-48(42-34-26-22-18-14-10-2)57-50(55)52(5,6)45-37-29-31-39-47(54)40-32-30-38-46-53(7,8)51(56)58-49(43-35-27-23-19-15-11-3)44-36-28-24-20-16-12-4/h48-49H,9-46H2,1-8H3. The lowest BCUT2D eigenvalue weighted by Gasteiger charge is -2.27. The third kappa shape index (κ3) is 33.3. The van der Waals surface area contributed by atoms with Crippen LogP contribution in [0.15, 0.2) is 0 Å². The first-order chi connectivity index (χ1) is 27.9. The lowest BCUT2D eigenvalue weighted by atomic mass is 9.86. The number of Topliss-reactive ketones (excluding diaryl/α,β-unsaturated/α-hetero) is 1. The summed E-state index contributed by atoms with van der Waals surface area (Å²) in [7, 11) is 0. The molecule has 0 aliphatic rings. The van der Waals surface area contributed by atoms with E-state index in [4.69, 9.17) is 9.47 Å². The molecule has 0 aromatic heterocycles. The first-order valence-corrected chi connectivity index (χ1v) is 25.9. The van der Waals surface area contributed by atoms with Gasteiger partial charge < -0.3 is 9.47 Å². The fourth-order valence-corrected chi connectivity index (χ4v) is 8.22. The lowest BCUT2D eigenvalue weighted by molar-refractivity contribution is -0.161. The molecule has 0 unspecified atom stereocenters. The van der Waals surface area contributed by atoms with E-state index in [0.29, 0.717) is 18.6 Å². The third-order valence-electron chi connectivity index (χ3n) is 12.7. The van der Waals surface area contributed by atoms with Gasteiger partial charge in [-0.2, -0.15) is 0 Å². The summed E-state index contributed by atoms with van der Waals surface area (Å²) in [5.41, 5.74) is -0.985. The van der Waals surface area contributed by atoms with E-state index in [9.17, 15) is 14.4 Å². The molecule has 0 radical (unpaired) electrons. The highest BCUT2D eigenvalue weighted by molar-refractivity contribution is 5.78. The molecule has 58 heavy (non-hydrogen) atoms. The van der Waals surface area contributed by atoms with Crippen LogP contribution in [0.2, 0.25) is 0 Å². The van der Waals surface area contributed by atoms with E-state index in [2.05, 4.69) is 27.7 Å². The van der Waals surface area contributed by atoms with E-state index in [0.717, 1.165) is 103 Å². The molecule has 344 valence electrons. The Balaban J connectivity index is 4.52. The van der Waals surface area contributed by atoms with E-state index in [1.807, 2.05) is 27.7 Å². The number of esters is 2. The van der Waals surface area contributed by atoms with Gasteiger partial charge >= 0.3 is 11.9 Å². The van der Waals surface area contributed by atoms with Crippen LogP contribution in [-0.4, -0.2) is 29.9 Å². The molecular formula is C53H102O5. The second kappa shape index (κ2) is 38.5. The normalized spacial score (nSPS) is 12.2. The Labute approximate surface area is 362 Å². The zero-order valence-electron chi connectivity index (χ0n) is 40.6. The number of carbonyl (C=O) groups is 3. The van der Waals surface area contributed by atoms with E-state index < -0.39 is 10.8 Å². The first kappa shape index (κ1) is 56.6. The number of ketones is 1. The van der Waals surface area contributed by atoms with Crippen LogP contribution in [0.5, 0.6) is 0 Å². The highest BCUT2D eigenvalue weighted by Gasteiger charge is 2.32. The van der Waals surface area contributed by atoms with Crippen molar-refractivity contribution in [3.8, 4) is 0 Å². The smallest absolute Gasteiger partial charge is 0.311 e. The molecular weight excluding hydrogens is 717 g/mol. The van der Waals surface area contributed by atoms with Crippen LogP contribution in [0.25, 0.3) is 0 Å². The zero-order chi connectivity index (χ0) is 43.2. The van der Waals surface area contributed by atoms with Crippen molar-refractivity contribution in [1.29, 1.82) is 0 Å². The molecule has 5 nitrogen and oxygen atoms in total. The predicted octanol–water partition coefficient (Wildman–Crippen LogP) is 17.3. The van der Waals surface area contributed by atoms with Gasteiger partial charge in [-0.05, 0) is 105 Å². The molecule has 0 saturated heterocycles. The summed E-state index contributed by atoms with van der Waals surface area (Å²) in [6, 6.07) is 0. The Morgan fingerprint density at radius 2 is 0.586 bits per heavy atom. The molecule has 0 N–H and O–H groups in total. The Morgan fingerprint density at radius 1 is 0.345 bits per heavy atom. The summed E-state index contributed by atoms with van der Waals surface area (Å²) in [5, 5.41) is 0. The van der Waals surface area contributed by atoms with Crippen molar-refractivity contribution >= 4 is 17.7 Å². The van der Waals surface area contributed by atoms with Gasteiger partial charge in [0.25, 0.3) is 0 Å². The van der Waals surface area contributed by atoms with Gasteiger partial charge in [0, 0.05) is 12.8 Å². The molecule has 0 aliphatic heterocycles. The van der Waals surface area contributed by atoms with Crippen LogP contribution in [-0.2, 0) is 23.9 Å². The number of ether oxygens (including phenoxy) is 2. The SMILES string of the molecule is CCCCCCCCC(CCCCCCCC)OC(=O)C(C)(C)CCCCCC(=O)CCCCCC(C)(C)C(=O)OC(CCCCCCCC)CCCCCCCC. The maximum absolute atomic E-state index is 13.4. The Hall–Kier alpha value is -1.39. The zero-order valence-corrected chi connectivity index (χ0v) is 40.6. The van der Waals surface area contributed by atoms with Crippen molar-refractivity contribution in [2.45, 2.75) is 312 Å². The molecule has 0 atom stereocenters. The third-order valence-corrected chi connectivity index (χ3v) is 12.7. The van der Waals surface area contributed by atoms with Gasteiger partial charge in [-0.15, -0.1) is 0 Å². The van der Waals surface area contributed by atoms with Crippen LogP contribution in [0.1, 0.15) is 299 Å². The fourth-order valence-electron chi connectivity index (χ4n) is 8.22.